The van der Waals surface area contributed by atoms with Gasteiger partial charge < -0.3 is 4.43 Å². The Labute approximate surface area is 207 Å². The van der Waals surface area contributed by atoms with Crippen molar-refractivity contribution >= 4 is 26.5 Å². The quantitative estimate of drug-likeness (QED) is 0.578. The van der Waals surface area contributed by atoms with Crippen molar-refractivity contribution in [3.63, 3.8) is 0 Å². The van der Waals surface area contributed by atoms with E-state index in [9.17, 15) is 0 Å². The van der Waals surface area contributed by atoms with Gasteiger partial charge in [-0.15, -0.1) is 0 Å². The molecule has 0 N–H and O–H groups in total. The predicted molar refractivity (Wildman–Crippen MR) is 127 cm³/mol. The first-order valence-corrected chi connectivity index (χ1v) is 12.8. The van der Waals surface area contributed by atoms with Crippen LogP contribution in [0.15, 0.2) is 91.0 Å². The third-order valence-corrected chi connectivity index (χ3v) is 12.3. The molecule has 3 aromatic carbocycles. The molecular weight excluding hydrogens is 403 g/mol. The van der Waals surface area contributed by atoms with Crippen molar-refractivity contribution in [3.05, 3.63) is 124 Å². The van der Waals surface area contributed by atoms with Crippen LogP contribution in [-0.2, 0) is 4.43 Å². The molecule has 3 aromatic rings. The maximum Gasteiger partial charge on any atom is 1.00 e. The van der Waals surface area contributed by atoms with E-state index in [-0.39, 0.29) is 29.6 Å². The standard InChI is InChI=1S/C28H24OSi.Na/c1-29-30(26-17-14-20-8-2-5-11-23(20)26,27-18-15-21-9-3-6-12-24(21)27)28-19-16-22-10-4-7-13-25(22)28;/h2-19,26-28H,1H3;/q;+1. The Morgan fingerprint density at radius 2 is 0.871 bits per heavy atom. The molecule has 146 valence electrons. The Kier molecular flexibility index (Phi) is 5.53. The van der Waals surface area contributed by atoms with Crippen molar-refractivity contribution in [2.24, 2.45) is 0 Å². The molecule has 3 aliphatic carbocycles. The fraction of sp³-hybridized carbons (Fsp3) is 0.143. The molecule has 0 aliphatic heterocycles. The Hall–Kier alpha value is -1.94. The van der Waals surface area contributed by atoms with E-state index < -0.39 is 8.32 Å². The summed E-state index contributed by atoms with van der Waals surface area (Å²) in [5.74, 6) is 0. The SMILES string of the molecule is CO[Si](C1C=Cc2ccccc21)(C1C=Cc2ccccc21)C1C=Cc2ccccc21.[Na+]. The van der Waals surface area contributed by atoms with Crippen LogP contribution in [0.3, 0.4) is 0 Å². The van der Waals surface area contributed by atoms with Gasteiger partial charge in [-0.25, -0.2) is 0 Å². The third kappa shape index (κ3) is 3.05. The molecule has 0 spiro atoms. The first-order chi connectivity index (χ1) is 14.8. The molecule has 0 saturated carbocycles. The second kappa shape index (κ2) is 8.20. The van der Waals surface area contributed by atoms with Crippen LogP contribution in [0, 0.1) is 0 Å². The van der Waals surface area contributed by atoms with E-state index in [1.807, 2.05) is 7.11 Å². The first kappa shape index (κ1) is 20.9. The fourth-order valence-corrected chi connectivity index (χ4v) is 11.3. The monoisotopic (exact) mass is 427 g/mol. The largest absolute Gasteiger partial charge is 1.00 e. The summed E-state index contributed by atoms with van der Waals surface area (Å²) in [5.41, 5.74) is 9.18. The summed E-state index contributed by atoms with van der Waals surface area (Å²) in [6, 6.07) is 26.5. The van der Waals surface area contributed by atoms with Crippen LogP contribution in [0.5, 0.6) is 0 Å². The minimum Gasteiger partial charge on any atom is -0.417 e. The Morgan fingerprint density at radius 3 is 1.19 bits per heavy atom. The van der Waals surface area contributed by atoms with Crippen LogP contribution in [0.4, 0.5) is 0 Å². The molecular formula is C28H24NaOSi+. The molecule has 3 aliphatic rings. The van der Waals surface area contributed by atoms with E-state index in [2.05, 4.69) is 109 Å². The summed E-state index contributed by atoms with van der Waals surface area (Å²) < 4.78 is 6.85. The van der Waals surface area contributed by atoms with E-state index in [4.69, 9.17) is 4.43 Å². The van der Waals surface area contributed by atoms with Crippen LogP contribution in [0.25, 0.3) is 18.2 Å². The van der Waals surface area contributed by atoms with Crippen LogP contribution in [-0.4, -0.2) is 15.4 Å². The van der Waals surface area contributed by atoms with E-state index in [1.54, 1.807) is 0 Å². The van der Waals surface area contributed by atoms with Crippen LogP contribution < -0.4 is 29.6 Å². The summed E-state index contributed by atoms with van der Waals surface area (Å²) in [5, 5.41) is 0. The summed E-state index contributed by atoms with van der Waals surface area (Å²) >= 11 is 0. The Bertz CT molecular complexity index is 1080. The van der Waals surface area contributed by atoms with E-state index in [0.29, 0.717) is 16.6 Å². The van der Waals surface area contributed by atoms with E-state index >= 15 is 0 Å². The van der Waals surface area contributed by atoms with E-state index in [1.165, 1.54) is 33.4 Å². The zero-order valence-electron chi connectivity index (χ0n) is 18.0. The van der Waals surface area contributed by atoms with Gasteiger partial charge in [0.05, 0.1) is 0 Å². The second-order valence-electron chi connectivity index (χ2n) is 8.45. The number of rotatable bonds is 4. The van der Waals surface area contributed by atoms with Crippen molar-refractivity contribution in [2.45, 2.75) is 16.6 Å². The summed E-state index contributed by atoms with van der Waals surface area (Å²) in [6.07, 6.45) is 14.2. The van der Waals surface area contributed by atoms with Crippen LogP contribution in [0.1, 0.15) is 50.0 Å². The average Bonchev–Trinajstić information content (AvgIpc) is 3.53. The fourth-order valence-electron chi connectivity index (χ4n) is 5.89. The third-order valence-electron chi connectivity index (χ3n) is 7.21. The molecule has 0 radical (unpaired) electrons. The van der Waals surface area contributed by atoms with E-state index in [0.717, 1.165) is 0 Å². The molecule has 3 atom stereocenters. The average molecular weight is 428 g/mol. The second-order valence-corrected chi connectivity index (χ2v) is 12.4. The summed E-state index contributed by atoms with van der Waals surface area (Å²) in [4.78, 5) is 0. The Balaban J connectivity index is 0.00000204. The van der Waals surface area contributed by atoms with Gasteiger partial charge in [0.15, 0.2) is 0 Å². The van der Waals surface area contributed by atoms with Gasteiger partial charge in [-0.05, 0) is 33.4 Å². The molecule has 0 fully saturated rings. The van der Waals surface area contributed by atoms with Gasteiger partial charge in [0.2, 0.25) is 8.32 Å². The van der Waals surface area contributed by atoms with Gasteiger partial charge in [0.1, 0.15) is 0 Å². The van der Waals surface area contributed by atoms with Gasteiger partial charge in [-0.2, -0.15) is 0 Å². The normalized spacial score (nSPS) is 23.7. The molecule has 3 heteroatoms. The molecule has 0 heterocycles. The number of fused-ring (bicyclic) bond motifs is 3. The molecule has 3 unspecified atom stereocenters. The molecule has 1 nitrogen and oxygen atoms in total. The molecule has 0 aromatic heterocycles. The van der Waals surface area contributed by atoms with Crippen LogP contribution in [0.2, 0.25) is 0 Å². The maximum absolute atomic E-state index is 6.85. The topological polar surface area (TPSA) is 9.23 Å². The van der Waals surface area contributed by atoms with Gasteiger partial charge >= 0.3 is 29.6 Å². The predicted octanol–water partition coefficient (Wildman–Crippen LogP) is 3.63. The summed E-state index contributed by atoms with van der Waals surface area (Å²) in [6.45, 7) is 0. The minimum atomic E-state index is -2.48. The molecule has 0 bridgehead atoms. The Morgan fingerprint density at radius 1 is 0.548 bits per heavy atom. The zero-order valence-corrected chi connectivity index (χ0v) is 21.0. The first-order valence-electron chi connectivity index (χ1n) is 10.7. The van der Waals surface area contributed by atoms with Gasteiger partial charge in [-0.1, -0.05) is 109 Å². The molecule has 6 rings (SSSR count). The van der Waals surface area contributed by atoms with Gasteiger partial charge in [0.25, 0.3) is 0 Å². The molecule has 31 heavy (non-hydrogen) atoms. The number of hydrogen-bond donors (Lipinski definition) is 0. The van der Waals surface area contributed by atoms with Crippen molar-refractivity contribution in [3.8, 4) is 0 Å². The van der Waals surface area contributed by atoms with Crippen molar-refractivity contribution in [1.82, 2.24) is 0 Å². The van der Waals surface area contributed by atoms with Crippen molar-refractivity contribution in [2.75, 3.05) is 7.11 Å². The minimum absolute atomic E-state index is 0. The van der Waals surface area contributed by atoms with Gasteiger partial charge in [-0.3, -0.25) is 0 Å². The van der Waals surface area contributed by atoms with Gasteiger partial charge in [0, 0.05) is 23.7 Å². The number of allylic oxidation sites excluding steroid dienone is 3. The number of hydrogen-bond acceptors (Lipinski definition) is 1. The molecule has 0 amide bonds. The maximum atomic E-state index is 6.85. The smallest absolute Gasteiger partial charge is 0.417 e. The molecule has 0 saturated heterocycles. The summed E-state index contributed by atoms with van der Waals surface area (Å²) in [7, 11) is -0.522. The van der Waals surface area contributed by atoms with Crippen LogP contribution >= 0.6 is 0 Å². The number of benzene rings is 3. The van der Waals surface area contributed by atoms with Crippen molar-refractivity contribution in [1.29, 1.82) is 0 Å². The zero-order chi connectivity index (χ0) is 20.1. The van der Waals surface area contributed by atoms with Crippen molar-refractivity contribution < 1.29 is 34.0 Å².